The molecule has 2 aromatic carbocycles. The van der Waals surface area contributed by atoms with Crippen molar-refractivity contribution in [2.24, 2.45) is 5.92 Å². The Balaban J connectivity index is 1.50. The Labute approximate surface area is 236 Å². The van der Waals surface area contributed by atoms with Crippen LogP contribution >= 0.6 is 0 Å². The highest BCUT2D eigenvalue weighted by Crippen LogP contribution is 2.33. The highest BCUT2D eigenvalue weighted by molar-refractivity contribution is 6.47. The molecule has 2 heterocycles. The van der Waals surface area contributed by atoms with Crippen LogP contribution in [0.1, 0.15) is 66.3 Å². The predicted octanol–water partition coefficient (Wildman–Crippen LogP) is 4.08. The minimum Gasteiger partial charge on any atom is -0.453 e. The lowest BCUT2D eigenvalue weighted by atomic mass is 9.82. The number of likely N-dealkylation sites (tertiary alicyclic amines) is 1. The topological polar surface area (TPSA) is 117 Å². The number of carbonyl (C=O) groups excluding carboxylic acids is 2. The lowest BCUT2D eigenvalue weighted by Crippen LogP contribution is -2.51. The molecule has 213 valence electrons. The number of aromatic nitrogens is 2. The number of fused-ring (bicyclic) bond motifs is 1. The van der Waals surface area contributed by atoms with Gasteiger partial charge < -0.3 is 29.7 Å². The van der Waals surface area contributed by atoms with Gasteiger partial charge in [0.2, 0.25) is 5.91 Å². The van der Waals surface area contributed by atoms with Gasteiger partial charge >= 0.3 is 13.6 Å². The number of hydrogen-bond donors (Lipinski definition) is 3. The van der Waals surface area contributed by atoms with Gasteiger partial charge in [-0.25, -0.2) is 9.78 Å². The molecule has 0 spiro atoms. The molecule has 1 fully saturated rings. The predicted molar refractivity (Wildman–Crippen MR) is 156 cm³/mol. The van der Waals surface area contributed by atoms with Crippen molar-refractivity contribution >= 4 is 36.0 Å². The summed E-state index contributed by atoms with van der Waals surface area (Å²) >= 11 is 0. The van der Waals surface area contributed by atoms with E-state index >= 15 is 0 Å². The molecule has 4 rings (SSSR count). The highest BCUT2D eigenvalue weighted by Gasteiger charge is 2.38. The summed E-state index contributed by atoms with van der Waals surface area (Å²) in [6, 6.07) is 13.2. The van der Waals surface area contributed by atoms with Crippen molar-refractivity contribution in [3.05, 3.63) is 48.3 Å². The third-order valence-electron chi connectivity index (χ3n) is 7.95. The molecule has 1 aliphatic rings. The molecule has 9 nitrogen and oxygen atoms in total. The number of hydrogen-bond acceptors (Lipinski definition) is 6. The number of carbonyl (C=O) groups is 2. The summed E-state index contributed by atoms with van der Waals surface area (Å²) in [6.07, 6.45) is 1.04. The monoisotopic (exact) mass is 547 g/mol. The number of methoxy groups -OCH3 is 1. The molecule has 2 atom stereocenters. The van der Waals surface area contributed by atoms with E-state index in [0.717, 1.165) is 46.3 Å². The van der Waals surface area contributed by atoms with Crippen LogP contribution in [0.5, 0.6) is 0 Å². The van der Waals surface area contributed by atoms with Crippen LogP contribution in [0.15, 0.2) is 42.5 Å². The molecule has 40 heavy (non-hydrogen) atoms. The van der Waals surface area contributed by atoms with E-state index in [1.54, 1.807) is 21.3 Å². The fourth-order valence-electron chi connectivity index (χ4n) is 4.67. The Kier molecular flexibility index (Phi) is 8.61. The van der Waals surface area contributed by atoms with E-state index in [-0.39, 0.29) is 17.9 Å². The van der Waals surface area contributed by atoms with Gasteiger partial charge in [0.15, 0.2) is 0 Å². The number of ether oxygens (including phenoxy) is 1. The van der Waals surface area contributed by atoms with Gasteiger partial charge in [0.1, 0.15) is 11.9 Å². The number of nitrogens with one attached hydrogen (secondary N) is 2. The van der Waals surface area contributed by atoms with Crippen LogP contribution in [0.4, 0.5) is 4.79 Å². The van der Waals surface area contributed by atoms with Crippen LogP contribution in [0.3, 0.4) is 0 Å². The van der Waals surface area contributed by atoms with E-state index in [1.165, 1.54) is 7.11 Å². The lowest BCUT2D eigenvalue weighted by molar-refractivity contribution is -0.135. The Hall–Kier alpha value is -3.37. The fraction of sp³-hybridized carbons (Fsp3) is 0.500. The van der Waals surface area contributed by atoms with Crippen LogP contribution in [0, 0.1) is 5.92 Å². The smallest absolute Gasteiger partial charge is 0.407 e. The van der Waals surface area contributed by atoms with Gasteiger partial charge in [-0.3, -0.25) is 4.79 Å². The van der Waals surface area contributed by atoms with Crippen molar-refractivity contribution in [3.63, 3.8) is 0 Å². The van der Waals surface area contributed by atoms with Crippen LogP contribution in [-0.4, -0.2) is 70.4 Å². The van der Waals surface area contributed by atoms with Crippen molar-refractivity contribution in [3.8, 4) is 11.1 Å². The number of H-pyrrole nitrogens is 1. The van der Waals surface area contributed by atoms with Crippen molar-refractivity contribution in [1.82, 2.24) is 20.2 Å². The van der Waals surface area contributed by atoms with Crippen molar-refractivity contribution in [2.45, 2.75) is 77.7 Å². The van der Waals surface area contributed by atoms with Gasteiger partial charge in [-0.05, 0) is 69.7 Å². The summed E-state index contributed by atoms with van der Waals surface area (Å²) in [5.74, 6) is 0.528. The van der Waals surface area contributed by atoms with Crippen molar-refractivity contribution in [1.29, 1.82) is 0 Å². The van der Waals surface area contributed by atoms with E-state index in [9.17, 15) is 14.7 Å². The number of nitrogens with zero attached hydrogens (tertiary/aromatic N) is 2. The standard InChI is InChI=1S/C30H40BN4O5/c1-18(2)25(34-28(37)39-7)27(36)35-16-8-9-24(35)26-32-22-15-12-20(17-23(22)33-26)19-10-13-21(14-11-19)31-40-30(5,6)29(3,4)38/h10-15,17-18,24-25,38H,8-9,16H2,1-7H3,(H,32,33)(H,34,37)/t24-,25-/m0/s1. The molecule has 2 amide bonds. The normalized spacial score (nSPS) is 16.8. The molecule has 1 aromatic heterocycles. The van der Waals surface area contributed by atoms with Crippen molar-refractivity contribution < 1.29 is 24.1 Å². The molecule has 3 N–H and O–H groups in total. The largest absolute Gasteiger partial charge is 0.453 e. The second kappa shape index (κ2) is 11.6. The summed E-state index contributed by atoms with van der Waals surface area (Å²) in [5.41, 5.74) is 2.99. The molecule has 1 saturated heterocycles. The molecule has 0 bridgehead atoms. The molecule has 1 radical (unpaired) electrons. The van der Waals surface area contributed by atoms with E-state index in [1.807, 2.05) is 69.0 Å². The first-order valence-corrected chi connectivity index (χ1v) is 13.8. The first kappa shape index (κ1) is 29.6. The number of aliphatic hydroxyl groups is 1. The zero-order chi connectivity index (χ0) is 29.2. The Morgan fingerprint density at radius 2 is 1.80 bits per heavy atom. The number of rotatable bonds is 9. The molecule has 0 saturated carbocycles. The van der Waals surface area contributed by atoms with Crippen LogP contribution in [0.25, 0.3) is 22.2 Å². The lowest BCUT2D eigenvalue weighted by Gasteiger charge is -2.37. The van der Waals surface area contributed by atoms with Gasteiger partial charge in [-0.15, -0.1) is 0 Å². The van der Waals surface area contributed by atoms with Gasteiger partial charge in [-0.2, -0.15) is 0 Å². The zero-order valence-electron chi connectivity index (χ0n) is 24.4. The maximum atomic E-state index is 13.4. The summed E-state index contributed by atoms with van der Waals surface area (Å²) in [5, 5.41) is 13.0. The zero-order valence-corrected chi connectivity index (χ0v) is 24.4. The number of aromatic amines is 1. The molecular weight excluding hydrogens is 507 g/mol. The maximum absolute atomic E-state index is 13.4. The Bertz CT molecular complexity index is 1350. The number of alkyl carbamates (subject to hydrolysis) is 1. The van der Waals surface area contributed by atoms with Gasteiger partial charge in [0.05, 0.1) is 35.4 Å². The quantitative estimate of drug-likeness (QED) is 0.348. The van der Waals surface area contributed by atoms with Crippen LogP contribution in [-0.2, 0) is 14.2 Å². The van der Waals surface area contributed by atoms with Crippen LogP contribution < -0.4 is 10.8 Å². The first-order chi connectivity index (χ1) is 18.8. The van der Waals surface area contributed by atoms with E-state index in [2.05, 4.69) is 16.4 Å². The van der Waals surface area contributed by atoms with Gasteiger partial charge in [0.25, 0.3) is 0 Å². The van der Waals surface area contributed by atoms with E-state index in [4.69, 9.17) is 14.4 Å². The number of benzene rings is 2. The third kappa shape index (κ3) is 6.34. The van der Waals surface area contributed by atoms with E-state index in [0.29, 0.717) is 6.54 Å². The number of imidazole rings is 1. The molecule has 10 heteroatoms. The van der Waals surface area contributed by atoms with Gasteiger partial charge in [-0.1, -0.05) is 49.6 Å². The Morgan fingerprint density at radius 1 is 1.12 bits per heavy atom. The molecule has 0 aliphatic carbocycles. The molecule has 1 aliphatic heterocycles. The maximum Gasteiger partial charge on any atom is 0.407 e. The van der Waals surface area contributed by atoms with Crippen molar-refractivity contribution in [2.75, 3.05) is 13.7 Å². The second-order valence-electron chi connectivity index (χ2n) is 11.8. The van der Waals surface area contributed by atoms with Crippen LogP contribution in [0.2, 0.25) is 0 Å². The minimum absolute atomic E-state index is 0.0883. The summed E-state index contributed by atoms with van der Waals surface area (Å²) in [6.45, 7) is 11.6. The molecular formula is C30H40BN4O5. The van der Waals surface area contributed by atoms with Gasteiger partial charge in [0, 0.05) is 6.54 Å². The first-order valence-electron chi connectivity index (χ1n) is 13.8. The molecule has 3 aromatic rings. The second-order valence-corrected chi connectivity index (χ2v) is 11.8. The summed E-state index contributed by atoms with van der Waals surface area (Å²) in [7, 11) is 2.96. The highest BCUT2D eigenvalue weighted by atomic mass is 16.5. The molecule has 0 unspecified atom stereocenters. The number of amides is 2. The summed E-state index contributed by atoms with van der Waals surface area (Å²) < 4.78 is 10.6. The third-order valence-corrected chi connectivity index (χ3v) is 7.95. The van der Waals surface area contributed by atoms with E-state index < -0.39 is 23.3 Å². The average molecular weight is 547 g/mol. The Morgan fingerprint density at radius 3 is 2.42 bits per heavy atom. The SMILES string of the molecule is COC(=O)N[C@H](C(=O)N1CCC[C@H]1c1nc2ccc(-c3ccc([B]OC(C)(C)C(C)(C)O)cc3)cc2[nH]1)C(C)C. The average Bonchev–Trinajstić information content (AvgIpc) is 3.56. The minimum atomic E-state index is -0.985. The fourth-order valence-corrected chi connectivity index (χ4v) is 4.67. The summed E-state index contributed by atoms with van der Waals surface area (Å²) in [4.78, 5) is 35.4.